The monoisotopic (exact) mass is 463 g/mol. The average molecular weight is 464 g/mol. The molecule has 0 amide bonds. The highest BCUT2D eigenvalue weighted by atomic mass is 35.5. The molecule has 1 fully saturated rings. The van der Waals surface area contributed by atoms with Gasteiger partial charge in [0.25, 0.3) is 0 Å². The third-order valence-corrected chi connectivity index (χ3v) is 6.04. The number of halogens is 4. The third-order valence-electron chi connectivity index (χ3n) is 4.69. The summed E-state index contributed by atoms with van der Waals surface area (Å²) in [6.45, 7) is 4.16. The van der Waals surface area contributed by atoms with Crippen molar-refractivity contribution in [3.63, 3.8) is 0 Å². The Morgan fingerprint density at radius 1 is 1.23 bits per heavy atom. The van der Waals surface area contributed by atoms with Crippen LogP contribution in [-0.4, -0.2) is 23.9 Å². The first-order valence-electron chi connectivity index (χ1n) is 9.84. The fraction of sp³-hybridized carbons (Fsp3) is 0.524. The number of benzene rings is 1. The van der Waals surface area contributed by atoms with Crippen molar-refractivity contribution in [1.82, 2.24) is 5.48 Å². The van der Waals surface area contributed by atoms with Crippen molar-refractivity contribution in [2.75, 3.05) is 12.4 Å². The standard InChI is InChI=1S/C21H25ClF3NO3S/c1-3-5-17(26-29-4-2)20-18(27)10-13(11-19(20)28)8-9-30-14-6-7-16(22)15(12-14)21(23,24)25/h6-7,12-13,26H,3-5,8-11H2,1-2H3. The Bertz CT molecular complexity index is 791. The van der Waals surface area contributed by atoms with E-state index >= 15 is 0 Å². The zero-order valence-electron chi connectivity index (χ0n) is 16.9. The number of hydrogen-bond donors (Lipinski definition) is 1. The summed E-state index contributed by atoms with van der Waals surface area (Å²) in [7, 11) is 0. The summed E-state index contributed by atoms with van der Waals surface area (Å²) < 4.78 is 38.9. The topological polar surface area (TPSA) is 55.4 Å². The van der Waals surface area contributed by atoms with Crippen LogP contribution in [0.25, 0.3) is 0 Å². The van der Waals surface area contributed by atoms with Crippen LogP contribution in [-0.2, 0) is 20.6 Å². The highest BCUT2D eigenvalue weighted by molar-refractivity contribution is 7.99. The lowest BCUT2D eigenvalue weighted by atomic mass is 9.81. The number of hydroxylamine groups is 1. The summed E-state index contributed by atoms with van der Waals surface area (Å²) >= 11 is 6.90. The van der Waals surface area contributed by atoms with Crippen LogP contribution in [0.5, 0.6) is 0 Å². The fourth-order valence-electron chi connectivity index (χ4n) is 3.29. The van der Waals surface area contributed by atoms with Gasteiger partial charge in [0.15, 0.2) is 11.6 Å². The molecule has 1 aromatic carbocycles. The van der Waals surface area contributed by atoms with E-state index in [9.17, 15) is 22.8 Å². The van der Waals surface area contributed by atoms with E-state index in [2.05, 4.69) is 5.48 Å². The van der Waals surface area contributed by atoms with Crippen molar-refractivity contribution in [3.05, 3.63) is 40.1 Å². The van der Waals surface area contributed by atoms with Gasteiger partial charge >= 0.3 is 6.18 Å². The number of ketones is 2. The third kappa shape index (κ3) is 6.75. The van der Waals surface area contributed by atoms with E-state index in [1.54, 1.807) is 6.92 Å². The number of carbonyl (C=O) groups excluding carboxylic acids is 2. The first-order valence-corrected chi connectivity index (χ1v) is 11.2. The van der Waals surface area contributed by atoms with Crippen LogP contribution in [0.3, 0.4) is 0 Å². The minimum atomic E-state index is -4.51. The predicted molar refractivity (Wildman–Crippen MR) is 111 cm³/mol. The molecule has 1 aliphatic rings. The summed E-state index contributed by atoms with van der Waals surface area (Å²) in [6, 6.07) is 3.80. The largest absolute Gasteiger partial charge is 0.417 e. The maximum Gasteiger partial charge on any atom is 0.417 e. The molecule has 0 saturated heterocycles. The Kier molecular flexibility index (Phi) is 9.25. The molecule has 0 bridgehead atoms. The lowest BCUT2D eigenvalue weighted by molar-refractivity contribution is -0.137. The van der Waals surface area contributed by atoms with Gasteiger partial charge in [-0.05, 0) is 49.6 Å². The molecule has 0 atom stereocenters. The van der Waals surface area contributed by atoms with Crippen LogP contribution in [0.1, 0.15) is 51.5 Å². The predicted octanol–water partition coefficient (Wildman–Crippen LogP) is 5.98. The zero-order valence-corrected chi connectivity index (χ0v) is 18.5. The molecular formula is C21H25ClF3NO3S. The molecule has 1 saturated carbocycles. The van der Waals surface area contributed by atoms with Crippen molar-refractivity contribution < 1.29 is 27.6 Å². The number of nitrogens with one attached hydrogen (secondary N) is 1. The van der Waals surface area contributed by atoms with Crippen molar-refractivity contribution in [3.8, 4) is 0 Å². The number of allylic oxidation sites excluding steroid dienone is 2. The Hall–Kier alpha value is -1.51. The van der Waals surface area contributed by atoms with Gasteiger partial charge in [-0.3, -0.25) is 19.9 Å². The summed E-state index contributed by atoms with van der Waals surface area (Å²) in [5.41, 5.74) is 2.60. The Labute approximate surface area is 183 Å². The van der Waals surface area contributed by atoms with Crippen LogP contribution >= 0.6 is 23.4 Å². The fourth-order valence-corrected chi connectivity index (χ4v) is 4.57. The van der Waals surface area contributed by atoms with E-state index in [0.29, 0.717) is 35.8 Å². The quantitative estimate of drug-likeness (QED) is 0.211. The zero-order chi connectivity index (χ0) is 22.3. The molecule has 4 nitrogen and oxygen atoms in total. The van der Waals surface area contributed by atoms with Gasteiger partial charge in [-0.2, -0.15) is 13.2 Å². The molecule has 0 unspecified atom stereocenters. The number of Topliss-reactive ketones (excluding diaryl/α,β-unsaturated/α-hetero) is 2. The molecule has 0 heterocycles. The minimum Gasteiger partial charge on any atom is -0.294 e. The first-order chi connectivity index (χ1) is 14.2. The van der Waals surface area contributed by atoms with Gasteiger partial charge in [-0.1, -0.05) is 24.9 Å². The molecule has 1 aromatic rings. The number of carbonyl (C=O) groups is 2. The maximum absolute atomic E-state index is 13.0. The second-order valence-corrected chi connectivity index (χ2v) is 8.61. The van der Waals surface area contributed by atoms with Gasteiger partial charge < -0.3 is 0 Å². The molecule has 166 valence electrons. The molecule has 0 aliphatic heterocycles. The van der Waals surface area contributed by atoms with E-state index in [4.69, 9.17) is 16.4 Å². The van der Waals surface area contributed by atoms with E-state index < -0.39 is 11.7 Å². The smallest absolute Gasteiger partial charge is 0.294 e. The minimum absolute atomic E-state index is 0.120. The lowest BCUT2D eigenvalue weighted by Gasteiger charge is -2.24. The number of thioether (sulfide) groups is 1. The first kappa shape index (κ1) is 24.8. The van der Waals surface area contributed by atoms with Gasteiger partial charge in [0.05, 0.1) is 28.5 Å². The van der Waals surface area contributed by atoms with Crippen LogP contribution in [0.2, 0.25) is 5.02 Å². The molecular weight excluding hydrogens is 439 g/mol. The molecule has 0 radical (unpaired) electrons. The summed E-state index contributed by atoms with van der Waals surface area (Å²) in [5.74, 6) is -0.0292. The van der Waals surface area contributed by atoms with E-state index in [-0.39, 0.29) is 40.9 Å². The van der Waals surface area contributed by atoms with Gasteiger partial charge in [0, 0.05) is 17.7 Å². The van der Waals surface area contributed by atoms with Crippen molar-refractivity contribution in [1.29, 1.82) is 0 Å². The summed E-state index contributed by atoms with van der Waals surface area (Å²) in [4.78, 5) is 30.8. The second-order valence-electron chi connectivity index (χ2n) is 7.04. The van der Waals surface area contributed by atoms with E-state index in [1.807, 2.05) is 6.92 Å². The average Bonchev–Trinajstić information content (AvgIpc) is 2.66. The summed E-state index contributed by atoms with van der Waals surface area (Å²) in [5, 5.41) is -0.335. The lowest BCUT2D eigenvalue weighted by Crippen LogP contribution is -2.30. The highest BCUT2D eigenvalue weighted by Gasteiger charge is 2.34. The molecule has 1 aliphatic carbocycles. The highest BCUT2D eigenvalue weighted by Crippen LogP contribution is 2.37. The molecule has 0 aromatic heterocycles. The van der Waals surface area contributed by atoms with Crippen LogP contribution < -0.4 is 5.48 Å². The molecule has 2 rings (SSSR count). The van der Waals surface area contributed by atoms with Gasteiger partial charge in [-0.15, -0.1) is 11.8 Å². The summed E-state index contributed by atoms with van der Waals surface area (Å²) in [6.07, 6.45) is -2.15. The molecule has 1 N–H and O–H groups in total. The van der Waals surface area contributed by atoms with Crippen LogP contribution in [0, 0.1) is 5.92 Å². The van der Waals surface area contributed by atoms with Crippen LogP contribution in [0.15, 0.2) is 34.4 Å². The SMILES string of the molecule is CCCC(NOCC)=C1C(=O)CC(CCSc2ccc(Cl)c(C(F)(F)F)c2)CC1=O. The van der Waals surface area contributed by atoms with Gasteiger partial charge in [-0.25, -0.2) is 0 Å². The van der Waals surface area contributed by atoms with Crippen molar-refractivity contribution >= 4 is 34.9 Å². The molecule has 0 spiro atoms. The van der Waals surface area contributed by atoms with Gasteiger partial charge in [0.2, 0.25) is 0 Å². The number of alkyl halides is 3. The Balaban J connectivity index is 1.98. The number of rotatable bonds is 9. The van der Waals surface area contributed by atoms with Crippen LogP contribution in [0.4, 0.5) is 13.2 Å². The molecule has 30 heavy (non-hydrogen) atoms. The molecule has 9 heteroatoms. The number of hydrogen-bond acceptors (Lipinski definition) is 5. The van der Waals surface area contributed by atoms with E-state index in [1.165, 1.54) is 23.9 Å². The Morgan fingerprint density at radius 3 is 2.47 bits per heavy atom. The van der Waals surface area contributed by atoms with Crippen molar-refractivity contribution in [2.45, 2.75) is 57.0 Å². The second kappa shape index (κ2) is 11.2. The van der Waals surface area contributed by atoms with Gasteiger partial charge in [0.1, 0.15) is 0 Å². The Morgan fingerprint density at radius 2 is 1.90 bits per heavy atom. The normalized spacial score (nSPS) is 17.4. The van der Waals surface area contributed by atoms with Crippen molar-refractivity contribution in [2.24, 2.45) is 5.92 Å². The maximum atomic E-state index is 13.0. The van der Waals surface area contributed by atoms with E-state index in [0.717, 1.165) is 12.5 Å².